The second-order valence-corrected chi connectivity index (χ2v) is 5.25. The Labute approximate surface area is 127 Å². The monoisotopic (exact) mass is 316 g/mol. The minimum absolute atomic E-state index is 0.00557. The van der Waals surface area contributed by atoms with Crippen LogP contribution in [0.25, 0.3) is 0 Å². The highest BCUT2D eigenvalue weighted by molar-refractivity contribution is 6.32. The van der Waals surface area contributed by atoms with Crippen LogP contribution < -0.4 is 5.32 Å². The van der Waals surface area contributed by atoms with E-state index in [-0.39, 0.29) is 22.8 Å². The van der Waals surface area contributed by atoms with Crippen molar-refractivity contribution >= 4 is 23.2 Å². The van der Waals surface area contributed by atoms with E-state index in [0.717, 1.165) is 6.07 Å². The molecule has 1 rings (SSSR count). The number of benzene rings is 1. The zero-order chi connectivity index (χ0) is 16.0. The molecule has 0 heterocycles. The summed E-state index contributed by atoms with van der Waals surface area (Å²) in [5.74, 6) is -0.521. The van der Waals surface area contributed by atoms with Gasteiger partial charge in [0.15, 0.2) is 0 Å². The van der Waals surface area contributed by atoms with Crippen molar-refractivity contribution in [3.8, 4) is 0 Å². The molecule has 1 unspecified atom stereocenters. The van der Waals surface area contributed by atoms with Crippen LogP contribution >= 0.6 is 11.6 Å². The number of hydrogen-bond donors (Lipinski definition) is 2. The van der Waals surface area contributed by atoms with Crippen molar-refractivity contribution in [3.05, 3.63) is 38.9 Å². The summed E-state index contributed by atoms with van der Waals surface area (Å²) in [5, 5.41) is 23.3. The van der Waals surface area contributed by atoms with Gasteiger partial charge in [-0.3, -0.25) is 14.9 Å². The van der Waals surface area contributed by atoms with Crippen LogP contribution in [0.3, 0.4) is 0 Å². The molecule has 2 N–H and O–H groups in total. The lowest BCUT2D eigenvalue weighted by molar-refractivity contribution is -0.384. The number of nitro groups is 1. The van der Waals surface area contributed by atoms with E-state index in [1.807, 2.05) is 0 Å². The first kappa shape index (κ1) is 17.4. The van der Waals surface area contributed by atoms with Crippen molar-refractivity contribution in [3.63, 3.8) is 0 Å². The number of nitro benzene ring substituents is 1. The number of methoxy groups -OCH3 is 1. The topological polar surface area (TPSA) is 102 Å². The average molecular weight is 317 g/mol. The fourth-order valence-electron chi connectivity index (χ4n) is 1.58. The van der Waals surface area contributed by atoms with Crippen LogP contribution in [0.5, 0.6) is 0 Å². The second-order valence-electron chi connectivity index (χ2n) is 4.85. The predicted molar refractivity (Wildman–Crippen MR) is 77.6 cm³/mol. The van der Waals surface area contributed by atoms with Crippen LogP contribution in [-0.4, -0.2) is 41.8 Å². The van der Waals surface area contributed by atoms with Gasteiger partial charge < -0.3 is 15.2 Å². The molecule has 7 nitrogen and oxygen atoms in total. The molecule has 0 aromatic heterocycles. The number of nitrogens with one attached hydrogen (secondary N) is 1. The minimum atomic E-state index is -1.12. The third-order valence-electron chi connectivity index (χ3n) is 2.88. The van der Waals surface area contributed by atoms with E-state index < -0.39 is 16.4 Å². The van der Waals surface area contributed by atoms with Crippen molar-refractivity contribution in [2.24, 2.45) is 0 Å². The summed E-state index contributed by atoms with van der Waals surface area (Å²) in [6.07, 6.45) is 0.352. The molecular weight excluding hydrogens is 300 g/mol. The van der Waals surface area contributed by atoms with E-state index >= 15 is 0 Å². The standard InChI is InChI=1S/C13H17ClN2O5/c1-13(18,5-6-21-2)8-15-12(17)9-3-4-10(14)11(7-9)16(19)20/h3-4,7,18H,5-6,8H2,1-2H3,(H,15,17). The van der Waals surface area contributed by atoms with Gasteiger partial charge in [-0.2, -0.15) is 0 Å². The number of ether oxygens (including phenoxy) is 1. The Morgan fingerprint density at radius 2 is 2.24 bits per heavy atom. The third-order valence-corrected chi connectivity index (χ3v) is 3.20. The van der Waals surface area contributed by atoms with Gasteiger partial charge in [-0.05, 0) is 19.1 Å². The van der Waals surface area contributed by atoms with E-state index in [2.05, 4.69) is 5.32 Å². The van der Waals surface area contributed by atoms with Gasteiger partial charge in [-0.15, -0.1) is 0 Å². The Morgan fingerprint density at radius 3 is 2.81 bits per heavy atom. The molecule has 0 saturated carbocycles. The first-order chi connectivity index (χ1) is 9.76. The van der Waals surface area contributed by atoms with Crippen molar-refractivity contribution in [1.29, 1.82) is 0 Å². The van der Waals surface area contributed by atoms with Gasteiger partial charge in [-0.1, -0.05) is 11.6 Å². The molecule has 1 amide bonds. The first-order valence-electron chi connectivity index (χ1n) is 6.20. The maximum absolute atomic E-state index is 11.9. The number of carbonyl (C=O) groups is 1. The summed E-state index contributed by atoms with van der Waals surface area (Å²) in [6, 6.07) is 3.77. The maximum Gasteiger partial charge on any atom is 0.288 e. The minimum Gasteiger partial charge on any atom is -0.388 e. The van der Waals surface area contributed by atoms with Crippen molar-refractivity contribution in [2.75, 3.05) is 20.3 Å². The Bertz CT molecular complexity index is 533. The molecule has 0 bridgehead atoms. The van der Waals surface area contributed by atoms with Crippen molar-refractivity contribution in [2.45, 2.75) is 18.9 Å². The van der Waals surface area contributed by atoms with Crippen LogP contribution in [0.2, 0.25) is 5.02 Å². The van der Waals surface area contributed by atoms with Crippen molar-refractivity contribution < 1.29 is 19.6 Å². The highest BCUT2D eigenvalue weighted by atomic mass is 35.5. The fourth-order valence-corrected chi connectivity index (χ4v) is 1.76. The lowest BCUT2D eigenvalue weighted by atomic mass is 10.0. The number of aliphatic hydroxyl groups is 1. The van der Waals surface area contributed by atoms with E-state index in [9.17, 15) is 20.0 Å². The Balaban J connectivity index is 2.72. The molecule has 0 aliphatic heterocycles. The number of halogens is 1. The van der Waals surface area contributed by atoms with E-state index in [1.54, 1.807) is 6.92 Å². The van der Waals surface area contributed by atoms with Gasteiger partial charge in [-0.25, -0.2) is 0 Å². The normalized spacial score (nSPS) is 13.5. The van der Waals surface area contributed by atoms with Gasteiger partial charge >= 0.3 is 0 Å². The van der Waals surface area contributed by atoms with E-state index in [1.165, 1.54) is 19.2 Å². The number of nitrogens with zero attached hydrogens (tertiary/aromatic N) is 1. The molecule has 116 valence electrons. The molecule has 0 radical (unpaired) electrons. The summed E-state index contributed by atoms with van der Waals surface area (Å²) in [7, 11) is 1.52. The number of rotatable bonds is 7. The zero-order valence-electron chi connectivity index (χ0n) is 11.8. The lowest BCUT2D eigenvalue weighted by Gasteiger charge is -2.23. The highest BCUT2D eigenvalue weighted by Gasteiger charge is 2.22. The molecule has 8 heteroatoms. The molecule has 0 aliphatic carbocycles. The molecule has 1 aromatic rings. The van der Waals surface area contributed by atoms with Gasteiger partial charge in [0.1, 0.15) is 5.02 Å². The SMILES string of the molecule is COCCC(C)(O)CNC(=O)c1ccc(Cl)c([N+](=O)[O-])c1. The smallest absolute Gasteiger partial charge is 0.288 e. The quantitative estimate of drug-likeness (QED) is 0.589. The molecule has 1 atom stereocenters. The molecule has 21 heavy (non-hydrogen) atoms. The van der Waals surface area contributed by atoms with E-state index in [0.29, 0.717) is 13.0 Å². The number of hydrogen-bond acceptors (Lipinski definition) is 5. The number of carbonyl (C=O) groups excluding carboxylic acids is 1. The fraction of sp³-hybridized carbons (Fsp3) is 0.462. The maximum atomic E-state index is 11.9. The summed E-state index contributed by atoms with van der Waals surface area (Å²) in [4.78, 5) is 22.0. The molecule has 0 aliphatic rings. The largest absolute Gasteiger partial charge is 0.388 e. The summed E-state index contributed by atoms with van der Waals surface area (Å²) >= 11 is 5.68. The molecule has 0 spiro atoms. The Hall–Kier alpha value is -1.70. The van der Waals surface area contributed by atoms with Gasteiger partial charge in [0.05, 0.1) is 10.5 Å². The van der Waals surface area contributed by atoms with Gasteiger partial charge in [0.2, 0.25) is 0 Å². The van der Waals surface area contributed by atoms with Crippen molar-refractivity contribution in [1.82, 2.24) is 5.32 Å². The summed E-state index contributed by atoms with van der Waals surface area (Å²) in [5.41, 5.74) is -1.35. The van der Waals surface area contributed by atoms with Gasteiger partial charge in [0, 0.05) is 38.3 Å². The summed E-state index contributed by atoms with van der Waals surface area (Å²) < 4.78 is 4.86. The first-order valence-corrected chi connectivity index (χ1v) is 6.58. The third kappa shape index (κ3) is 5.30. The summed E-state index contributed by atoms with van der Waals surface area (Å²) in [6.45, 7) is 1.93. The highest BCUT2D eigenvalue weighted by Crippen LogP contribution is 2.25. The number of amides is 1. The zero-order valence-corrected chi connectivity index (χ0v) is 12.5. The molecule has 0 saturated heterocycles. The molecular formula is C13H17ClN2O5. The van der Waals surface area contributed by atoms with Crippen LogP contribution in [0.1, 0.15) is 23.7 Å². The average Bonchev–Trinajstić information content (AvgIpc) is 2.43. The van der Waals surface area contributed by atoms with Crippen LogP contribution in [0.15, 0.2) is 18.2 Å². The predicted octanol–water partition coefficient (Wildman–Crippen LogP) is 1.77. The second kappa shape index (κ2) is 7.35. The molecule has 1 aromatic carbocycles. The lowest BCUT2D eigenvalue weighted by Crippen LogP contribution is -2.41. The Kier molecular flexibility index (Phi) is 6.07. The van der Waals surface area contributed by atoms with Gasteiger partial charge in [0.25, 0.3) is 11.6 Å². The van der Waals surface area contributed by atoms with Crippen LogP contribution in [0, 0.1) is 10.1 Å². The van der Waals surface area contributed by atoms with E-state index in [4.69, 9.17) is 16.3 Å². The van der Waals surface area contributed by atoms with Crippen LogP contribution in [-0.2, 0) is 4.74 Å². The van der Waals surface area contributed by atoms with Crippen LogP contribution in [0.4, 0.5) is 5.69 Å². The Morgan fingerprint density at radius 1 is 1.57 bits per heavy atom. The molecule has 0 fully saturated rings.